The van der Waals surface area contributed by atoms with E-state index in [4.69, 9.17) is 11.6 Å². The third kappa shape index (κ3) is 5.21. The lowest BCUT2D eigenvalue weighted by Crippen LogP contribution is -2.45. The molecule has 1 aromatic rings. The highest BCUT2D eigenvalue weighted by Gasteiger charge is 2.17. The van der Waals surface area contributed by atoms with Crippen LogP contribution in [0.3, 0.4) is 0 Å². The highest BCUT2D eigenvalue weighted by molar-refractivity contribution is 6.30. The predicted octanol–water partition coefficient (Wildman–Crippen LogP) is 3.29. The molecule has 0 saturated carbocycles. The van der Waals surface area contributed by atoms with Gasteiger partial charge in [-0.15, -0.1) is 0 Å². The van der Waals surface area contributed by atoms with Crippen LogP contribution in [0.1, 0.15) is 45.7 Å². The SMILES string of the molecule is CCC(C)NC(=O)C(C)NC(C)c1ccc(Cl)cc1. The Bertz CT molecular complexity index is 405. The number of hydrogen-bond donors (Lipinski definition) is 2. The van der Waals surface area contributed by atoms with E-state index in [0.29, 0.717) is 0 Å². The van der Waals surface area contributed by atoms with Gasteiger partial charge in [0.2, 0.25) is 5.91 Å². The lowest BCUT2D eigenvalue weighted by atomic mass is 10.1. The van der Waals surface area contributed by atoms with Crippen molar-refractivity contribution in [3.05, 3.63) is 34.9 Å². The molecule has 19 heavy (non-hydrogen) atoms. The van der Waals surface area contributed by atoms with Crippen molar-refractivity contribution in [2.75, 3.05) is 0 Å². The van der Waals surface area contributed by atoms with Crippen LogP contribution in [0.5, 0.6) is 0 Å². The second-order valence-corrected chi connectivity index (χ2v) is 5.42. The van der Waals surface area contributed by atoms with Crippen molar-refractivity contribution in [2.24, 2.45) is 0 Å². The molecule has 0 radical (unpaired) electrons. The predicted molar refractivity (Wildman–Crippen MR) is 80.4 cm³/mol. The summed E-state index contributed by atoms with van der Waals surface area (Å²) in [5.74, 6) is 0.0372. The number of benzene rings is 1. The van der Waals surface area contributed by atoms with Gasteiger partial charge >= 0.3 is 0 Å². The van der Waals surface area contributed by atoms with Gasteiger partial charge in [0.05, 0.1) is 6.04 Å². The Morgan fingerprint density at radius 3 is 2.32 bits per heavy atom. The monoisotopic (exact) mass is 282 g/mol. The van der Waals surface area contributed by atoms with Crippen LogP contribution in [0.15, 0.2) is 24.3 Å². The molecule has 3 unspecified atom stereocenters. The summed E-state index contributed by atoms with van der Waals surface area (Å²) < 4.78 is 0. The van der Waals surface area contributed by atoms with Crippen LogP contribution in [0, 0.1) is 0 Å². The number of carbonyl (C=O) groups is 1. The van der Waals surface area contributed by atoms with Gasteiger partial charge in [-0.2, -0.15) is 0 Å². The summed E-state index contributed by atoms with van der Waals surface area (Å²) in [7, 11) is 0. The Balaban J connectivity index is 2.53. The summed E-state index contributed by atoms with van der Waals surface area (Å²) in [6, 6.07) is 7.76. The van der Waals surface area contributed by atoms with Crippen LogP contribution >= 0.6 is 11.6 Å². The first-order valence-corrected chi connectivity index (χ1v) is 7.13. The van der Waals surface area contributed by atoms with Gasteiger partial charge in [-0.25, -0.2) is 0 Å². The summed E-state index contributed by atoms with van der Waals surface area (Å²) >= 11 is 5.86. The molecule has 0 aliphatic carbocycles. The third-order valence-electron chi connectivity index (χ3n) is 3.26. The van der Waals surface area contributed by atoms with Crippen LogP contribution in [0.2, 0.25) is 5.02 Å². The highest BCUT2D eigenvalue weighted by atomic mass is 35.5. The zero-order valence-electron chi connectivity index (χ0n) is 12.0. The zero-order valence-corrected chi connectivity index (χ0v) is 12.8. The molecule has 1 amide bonds. The highest BCUT2D eigenvalue weighted by Crippen LogP contribution is 2.16. The second-order valence-electron chi connectivity index (χ2n) is 4.98. The summed E-state index contributed by atoms with van der Waals surface area (Å²) in [4.78, 5) is 11.9. The Hall–Kier alpha value is -1.06. The third-order valence-corrected chi connectivity index (χ3v) is 3.52. The van der Waals surface area contributed by atoms with E-state index in [-0.39, 0.29) is 24.0 Å². The lowest BCUT2D eigenvalue weighted by Gasteiger charge is -2.21. The van der Waals surface area contributed by atoms with Gasteiger partial charge in [0, 0.05) is 17.1 Å². The fourth-order valence-corrected chi connectivity index (χ4v) is 1.89. The second kappa shape index (κ2) is 7.51. The molecule has 0 fully saturated rings. The molecule has 3 nitrogen and oxygen atoms in total. The molecular weight excluding hydrogens is 260 g/mol. The van der Waals surface area contributed by atoms with Gasteiger partial charge < -0.3 is 5.32 Å². The van der Waals surface area contributed by atoms with E-state index in [1.165, 1.54) is 0 Å². The molecule has 1 aromatic carbocycles. The van der Waals surface area contributed by atoms with E-state index in [1.54, 1.807) is 0 Å². The fraction of sp³-hybridized carbons (Fsp3) is 0.533. The molecule has 3 atom stereocenters. The van der Waals surface area contributed by atoms with E-state index in [2.05, 4.69) is 17.6 Å². The molecule has 1 rings (SSSR count). The quantitative estimate of drug-likeness (QED) is 0.841. The number of carbonyl (C=O) groups excluding carboxylic acids is 1. The average molecular weight is 283 g/mol. The van der Waals surface area contributed by atoms with E-state index < -0.39 is 0 Å². The summed E-state index contributed by atoms with van der Waals surface area (Å²) in [6.45, 7) is 7.98. The van der Waals surface area contributed by atoms with E-state index in [9.17, 15) is 4.79 Å². The lowest BCUT2D eigenvalue weighted by molar-refractivity contribution is -0.123. The van der Waals surface area contributed by atoms with Crippen molar-refractivity contribution in [3.8, 4) is 0 Å². The first kappa shape index (κ1) is 16.0. The zero-order chi connectivity index (χ0) is 14.4. The summed E-state index contributed by atoms with van der Waals surface area (Å²) in [5, 5.41) is 6.98. The molecule has 0 aliphatic heterocycles. The van der Waals surface area contributed by atoms with Crippen LogP contribution in [-0.2, 0) is 4.79 Å². The number of rotatable bonds is 6. The summed E-state index contributed by atoms with van der Waals surface area (Å²) in [6.07, 6.45) is 0.936. The molecule has 106 valence electrons. The minimum Gasteiger partial charge on any atom is -0.352 e. The van der Waals surface area contributed by atoms with Gasteiger partial charge in [-0.1, -0.05) is 30.7 Å². The van der Waals surface area contributed by atoms with Gasteiger partial charge in [-0.3, -0.25) is 10.1 Å². The maximum Gasteiger partial charge on any atom is 0.237 e. The number of halogens is 1. The number of amides is 1. The minimum absolute atomic E-state index is 0.0372. The molecule has 0 spiro atoms. The van der Waals surface area contributed by atoms with Crippen LogP contribution < -0.4 is 10.6 Å². The van der Waals surface area contributed by atoms with E-state index in [0.717, 1.165) is 17.0 Å². The van der Waals surface area contributed by atoms with Crippen LogP contribution in [0.4, 0.5) is 0 Å². The minimum atomic E-state index is -0.223. The molecule has 0 saturated heterocycles. The Labute approximate surface area is 120 Å². The van der Waals surface area contributed by atoms with Crippen LogP contribution in [0.25, 0.3) is 0 Å². The van der Waals surface area contributed by atoms with Crippen molar-refractivity contribution in [1.29, 1.82) is 0 Å². The van der Waals surface area contributed by atoms with Crippen molar-refractivity contribution >= 4 is 17.5 Å². The number of hydrogen-bond acceptors (Lipinski definition) is 2. The topological polar surface area (TPSA) is 41.1 Å². The standard InChI is InChI=1S/C15H23ClN2O/c1-5-10(2)17-15(19)12(4)18-11(3)13-6-8-14(16)9-7-13/h6-12,18H,5H2,1-4H3,(H,17,19). The first-order chi connectivity index (χ1) is 8.93. The van der Waals surface area contributed by atoms with Gasteiger partial charge in [-0.05, 0) is 44.9 Å². The van der Waals surface area contributed by atoms with Crippen molar-refractivity contribution in [1.82, 2.24) is 10.6 Å². The summed E-state index contributed by atoms with van der Waals surface area (Å²) in [5.41, 5.74) is 1.12. The van der Waals surface area contributed by atoms with Gasteiger partial charge in [0.15, 0.2) is 0 Å². The van der Waals surface area contributed by atoms with Gasteiger partial charge in [0.25, 0.3) is 0 Å². The van der Waals surface area contributed by atoms with E-state index in [1.807, 2.05) is 45.0 Å². The normalized spacial score (nSPS) is 15.6. The molecule has 0 aliphatic rings. The molecular formula is C15H23ClN2O. The van der Waals surface area contributed by atoms with Crippen molar-refractivity contribution in [3.63, 3.8) is 0 Å². The Morgan fingerprint density at radius 1 is 1.21 bits per heavy atom. The van der Waals surface area contributed by atoms with Crippen molar-refractivity contribution < 1.29 is 4.79 Å². The van der Waals surface area contributed by atoms with Crippen molar-refractivity contribution in [2.45, 2.75) is 52.2 Å². The van der Waals surface area contributed by atoms with E-state index >= 15 is 0 Å². The maximum atomic E-state index is 11.9. The first-order valence-electron chi connectivity index (χ1n) is 6.76. The van der Waals surface area contributed by atoms with Crippen LogP contribution in [-0.4, -0.2) is 18.0 Å². The smallest absolute Gasteiger partial charge is 0.237 e. The number of nitrogens with one attached hydrogen (secondary N) is 2. The largest absolute Gasteiger partial charge is 0.352 e. The molecule has 0 bridgehead atoms. The molecule has 0 heterocycles. The maximum absolute atomic E-state index is 11.9. The molecule has 4 heteroatoms. The Kier molecular flexibility index (Phi) is 6.32. The molecule has 0 aromatic heterocycles. The van der Waals surface area contributed by atoms with Gasteiger partial charge in [0.1, 0.15) is 0 Å². The average Bonchev–Trinajstić information content (AvgIpc) is 2.38. The molecule has 2 N–H and O–H groups in total. The fourth-order valence-electron chi connectivity index (χ4n) is 1.77. The Morgan fingerprint density at radius 2 is 1.79 bits per heavy atom.